The van der Waals surface area contributed by atoms with Crippen LogP contribution in [0.1, 0.15) is 82.4 Å². The minimum atomic E-state index is -0.263. The maximum Gasteiger partial charge on any atom is 0.236 e. The first kappa shape index (κ1) is 23.8. The fourth-order valence-corrected chi connectivity index (χ4v) is 4.60. The summed E-state index contributed by atoms with van der Waals surface area (Å²) in [4.78, 5) is 28.2. The Morgan fingerprint density at radius 2 is 1.75 bits per heavy atom. The van der Waals surface area contributed by atoms with Crippen LogP contribution < -0.4 is 15.0 Å². The molecule has 0 radical (unpaired) electrons. The highest BCUT2D eigenvalue weighted by Gasteiger charge is 2.31. The number of nitrogens with one attached hydrogen (secondary N) is 1. The number of hydrogen-bond donors (Lipinski definition) is 1. The minimum absolute atomic E-state index is 0.102. The van der Waals surface area contributed by atoms with Gasteiger partial charge in [0.1, 0.15) is 12.2 Å². The number of methoxy groups -OCH3 is 1. The maximum atomic E-state index is 13.4. The molecule has 5 nitrogen and oxygen atoms in total. The first-order valence-corrected chi connectivity index (χ1v) is 11.7. The minimum Gasteiger partial charge on any atom is -0.497 e. The number of ether oxygens (including phenoxy) is 1. The summed E-state index contributed by atoms with van der Waals surface area (Å²) in [7, 11) is 1.65. The largest absolute Gasteiger partial charge is 0.497 e. The summed E-state index contributed by atoms with van der Waals surface area (Å²) in [5, 5.41) is 3.08. The van der Waals surface area contributed by atoms with E-state index in [-0.39, 0.29) is 36.1 Å². The van der Waals surface area contributed by atoms with Crippen LogP contribution in [0.3, 0.4) is 0 Å². The van der Waals surface area contributed by atoms with Gasteiger partial charge in [0.25, 0.3) is 0 Å². The van der Waals surface area contributed by atoms with Crippen LogP contribution in [0.15, 0.2) is 36.4 Å². The third-order valence-electron chi connectivity index (χ3n) is 6.35. The van der Waals surface area contributed by atoms with Crippen molar-refractivity contribution in [2.45, 2.75) is 78.2 Å². The Kier molecular flexibility index (Phi) is 7.60. The number of rotatable bonds is 7. The van der Waals surface area contributed by atoms with Crippen LogP contribution in [-0.4, -0.2) is 25.0 Å². The molecule has 1 aliphatic rings. The van der Waals surface area contributed by atoms with Crippen LogP contribution in [0.2, 0.25) is 0 Å². The number of carbonyl (C=O) groups excluding carboxylic acids is 2. The maximum absolute atomic E-state index is 13.4. The molecule has 0 saturated heterocycles. The Morgan fingerprint density at radius 1 is 1.09 bits per heavy atom. The van der Waals surface area contributed by atoms with Gasteiger partial charge in [-0.2, -0.15) is 0 Å². The molecule has 0 saturated carbocycles. The number of carbonyl (C=O) groups is 2. The van der Waals surface area contributed by atoms with Crippen LogP contribution >= 0.6 is 0 Å². The van der Waals surface area contributed by atoms with Gasteiger partial charge in [0, 0.05) is 17.4 Å². The molecular weight excluding hydrogens is 400 g/mol. The Bertz CT molecular complexity index is 955. The van der Waals surface area contributed by atoms with Gasteiger partial charge in [0.05, 0.1) is 7.11 Å². The normalized spacial score (nSPS) is 15.6. The third-order valence-corrected chi connectivity index (χ3v) is 6.35. The van der Waals surface area contributed by atoms with E-state index in [2.05, 4.69) is 52.1 Å². The monoisotopic (exact) mass is 436 g/mol. The lowest BCUT2D eigenvalue weighted by atomic mass is 9.92. The van der Waals surface area contributed by atoms with Gasteiger partial charge in [-0.3, -0.25) is 9.59 Å². The third kappa shape index (κ3) is 4.98. The zero-order valence-corrected chi connectivity index (χ0v) is 20.2. The summed E-state index contributed by atoms with van der Waals surface area (Å²) in [6.07, 6.45) is 2.47. The summed E-state index contributed by atoms with van der Waals surface area (Å²) in [5.41, 5.74) is 5.03. The van der Waals surface area contributed by atoms with Crippen molar-refractivity contribution < 1.29 is 14.3 Å². The van der Waals surface area contributed by atoms with Gasteiger partial charge in [0.2, 0.25) is 11.8 Å². The molecule has 0 bridgehead atoms. The van der Waals surface area contributed by atoms with Crippen LogP contribution in [0, 0.1) is 0 Å². The number of fused-ring (bicyclic) bond motifs is 1. The molecule has 1 aliphatic heterocycles. The van der Waals surface area contributed by atoms with Crippen molar-refractivity contribution in [3.63, 3.8) is 0 Å². The molecule has 5 heteroatoms. The highest BCUT2D eigenvalue weighted by Crippen LogP contribution is 2.36. The van der Waals surface area contributed by atoms with Crippen molar-refractivity contribution in [3.8, 4) is 5.75 Å². The van der Waals surface area contributed by atoms with Gasteiger partial charge in [-0.1, -0.05) is 52.8 Å². The molecule has 0 aliphatic carbocycles. The van der Waals surface area contributed by atoms with Crippen molar-refractivity contribution in [2.75, 3.05) is 17.3 Å². The lowest BCUT2D eigenvalue weighted by Crippen LogP contribution is -2.44. The number of benzene rings is 2. The predicted octanol–water partition coefficient (Wildman–Crippen LogP) is 6.03. The van der Waals surface area contributed by atoms with Gasteiger partial charge in [-0.25, -0.2) is 0 Å². The fourth-order valence-electron chi connectivity index (χ4n) is 4.60. The van der Waals surface area contributed by atoms with E-state index in [0.29, 0.717) is 0 Å². The molecule has 1 unspecified atom stereocenters. The summed E-state index contributed by atoms with van der Waals surface area (Å²) in [6, 6.07) is 12.1. The Balaban J connectivity index is 1.84. The standard InChI is InChI=1S/C27H36N2O3/c1-7-20-12-11-19-15-21(32-6)13-14-24(19)29(20)26(31)16-25(30)28-27-22(17(2)3)9-8-10-23(27)18(4)5/h8-10,13-15,17-18,20H,7,11-12,16H2,1-6H3,(H,28,30). The second-order valence-corrected chi connectivity index (χ2v) is 9.20. The van der Waals surface area contributed by atoms with Gasteiger partial charge in [-0.15, -0.1) is 0 Å². The number of anilines is 2. The zero-order valence-electron chi connectivity index (χ0n) is 20.2. The molecule has 2 aromatic rings. The van der Waals surface area contributed by atoms with Crippen molar-refractivity contribution in [1.82, 2.24) is 0 Å². The average Bonchev–Trinajstić information content (AvgIpc) is 2.77. The number of hydrogen-bond acceptors (Lipinski definition) is 3. The SMILES string of the molecule is CCC1CCc2cc(OC)ccc2N1C(=O)CC(=O)Nc1c(C(C)C)cccc1C(C)C. The van der Waals surface area contributed by atoms with Crippen LogP contribution in [0.4, 0.5) is 11.4 Å². The van der Waals surface area contributed by atoms with E-state index in [9.17, 15) is 9.59 Å². The molecule has 1 atom stereocenters. The van der Waals surface area contributed by atoms with Crippen LogP contribution in [0.25, 0.3) is 0 Å². The van der Waals surface area contributed by atoms with E-state index in [4.69, 9.17) is 4.74 Å². The highest BCUT2D eigenvalue weighted by atomic mass is 16.5. The Morgan fingerprint density at radius 3 is 2.31 bits per heavy atom. The van der Waals surface area contributed by atoms with E-state index in [0.717, 1.165) is 53.1 Å². The molecule has 2 aromatic carbocycles. The summed E-state index contributed by atoms with van der Waals surface area (Å²) < 4.78 is 5.35. The molecule has 1 N–H and O–H groups in total. The molecule has 32 heavy (non-hydrogen) atoms. The van der Waals surface area contributed by atoms with Gasteiger partial charge >= 0.3 is 0 Å². The summed E-state index contributed by atoms with van der Waals surface area (Å²) >= 11 is 0. The number of aryl methyl sites for hydroxylation is 1. The second-order valence-electron chi connectivity index (χ2n) is 9.20. The predicted molar refractivity (Wildman–Crippen MR) is 131 cm³/mol. The van der Waals surface area contributed by atoms with E-state index in [1.807, 2.05) is 29.2 Å². The first-order chi connectivity index (χ1) is 15.3. The van der Waals surface area contributed by atoms with E-state index >= 15 is 0 Å². The molecule has 3 rings (SSSR count). The lowest BCUT2D eigenvalue weighted by molar-refractivity contribution is -0.125. The Labute approximate surface area is 192 Å². The summed E-state index contributed by atoms with van der Waals surface area (Å²) in [6.45, 7) is 10.6. The summed E-state index contributed by atoms with van der Waals surface area (Å²) in [5.74, 6) is 0.908. The smallest absolute Gasteiger partial charge is 0.236 e. The molecule has 0 spiro atoms. The number of nitrogens with zero attached hydrogens (tertiary/aromatic N) is 1. The Hall–Kier alpha value is -2.82. The number of para-hydroxylation sites is 1. The topological polar surface area (TPSA) is 58.6 Å². The van der Waals surface area contributed by atoms with Gasteiger partial charge in [0.15, 0.2) is 0 Å². The molecule has 2 amide bonds. The van der Waals surface area contributed by atoms with Gasteiger partial charge in [-0.05, 0) is 66.0 Å². The quantitative estimate of drug-likeness (QED) is 0.539. The van der Waals surface area contributed by atoms with Crippen molar-refractivity contribution >= 4 is 23.2 Å². The molecule has 0 fully saturated rings. The fraction of sp³-hybridized carbons (Fsp3) is 0.481. The zero-order chi connectivity index (χ0) is 23.4. The van der Waals surface area contributed by atoms with E-state index in [1.165, 1.54) is 0 Å². The van der Waals surface area contributed by atoms with Crippen molar-refractivity contribution in [1.29, 1.82) is 0 Å². The van der Waals surface area contributed by atoms with Crippen molar-refractivity contribution in [3.05, 3.63) is 53.1 Å². The van der Waals surface area contributed by atoms with Crippen LogP contribution in [0.5, 0.6) is 5.75 Å². The van der Waals surface area contributed by atoms with Crippen molar-refractivity contribution in [2.24, 2.45) is 0 Å². The number of amides is 2. The molecular formula is C27H36N2O3. The average molecular weight is 437 g/mol. The molecule has 0 aromatic heterocycles. The molecule has 172 valence electrons. The second kappa shape index (κ2) is 10.2. The lowest BCUT2D eigenvalue weighted by Gasteiger charge is -2.37. The van der Waals surface area contributed by atoms with E-state index in [1.54, 1.807) is 7.11 Å². The molecule has 1 heterocycles. The van der Waals surface area contributed by atoms with E-state index < -0.39 is 0 Å². The highest BCUT2D eigenvalue weighted by molar-refractivity contribution is 6.10. The van der Waals surface area contributed by atoms with Crippen LogP contribution in [-0.2, 0) is 16.0 Å². The first-order valence-electron chi connectivity index (χ1n) is 11.7. The van der Waals surface area contributed by atoms with Gasteiger partial charge < -0.3 is 15.0 Å².